The van der Waals surface area contributed by atoms with Crippen LogP contribution >= 0.6 is 11.8 Å². The number of nitrogens with zero attached hydrogens (tertiary/aromatic N) is 2. The third-order valence-electron chi connectivity index (χ3n) is 3.65. The smallest absolute Gasteiger partial charge is 0.234 e. The van der Waals surface area contributed by atoms with Gasteiger partial charge in [-0.25, -0.2) is 0 Å². The lowest BCUT2D eigenvalue weighted by Gasteiger charge is -2.26. The number of thioether (sulfide) groups is 1. The zero-order chi connectivity index (χ0) is 13.3. The SMILES string of the molecule is O=C(CN1CCCNCC1)NCCN1CCSCC1. The summed E-state index contributed by atoms with van der Waals surface area (Å²) in [5, 5.41) is 6.40. The first-order valence-electron chi connectivity index (χ1n) is 7.34. The fourth-order valence-corrected chi connectivity index (χ4v) is 3.48. The molecule has 19 heavy (non-hydrogen) atoms. The average Bonchev–Trinajstić information content (AvgIpc) is 2.68. The van der Waals surface area contributed by atoms with Crippen LogP contribution in [0.5, 0.6) is 0 Å². The highest BCUT2D eigenvalue weighted by atomic mass is 32.2. The molecular formula is C13H26N4OS. The standard InChI is InChI=1S/C13H26N4OS/c18-13(12-17-5-1-2-14-3-6-17)15-4-7-16-8-10-19-11-9-16/h14H,1-12H2,(H,15,18). The highest BCUT2D eigenvalue weighted by Gasteiger charge is 2.13. The average molecular weight is 286 g/mol. The minimum Gasteiger partial charge on any atom is -0.354 e. The second-order valence-electron chi connectivity index (χ2n) is 5.18. The normalized spacial score (nSPS) is 22.9. The zero-order valence-electron chi connectivity index (χ0n) is 11.7. The summed E-state index contributed by atoms with van der Waals surface area (Å²) in [5.41, 5.74) is 0. The lowest BCUT2D eigenvalue weighted by molar-refractivity contribution is -0.122. The van der Waals surface area contributed by atoms with Crippen molar-refractivity contribution in [3.8, 4) is 0 Å². The molecule has 0 atom stereocenters. The van der Waals surface area contributed by atoms with Gasteiger partial charge in [-0.05, 0) is 19.5 Å². The van der Waals surface area contributed by atoms with Gasteiger partial charge in [-0.15, -0.1) is 0 Å². The van der Waals surface area contributed by atoms with E-state index in [2.05, 4.69) is 20.4 Å². The van der Waals surface area contributed by atoms with Crippen molar-refractivity contribution in [1.29, 1.82) is 0 Å². The molecule has 2 N–H and O–H groups in total. The van der Waals surface area contributed by atoms with Crippen LogP contribution in [0.25, 0.3) is 0 Å². The molecule has 2 aliphatic rings. The Kier molecular flexibility index (Phi) is 6.98. The molecule has 1 amide bonds. The lowest BCUT2D eigenvalue weighted by Crippen LogP contribution is -2.43. The van der Waals surface area contributed by atoms with Crippen LogP contribution in [-0.2, 0) is 4.79 Å². The van der Waals surface area contributed by atoms with Crippen molar-refractivity contribution < 1.29 is 4.79 Å². The van der Waals surface area contributed by atoms with Crippen LogP contribution in [0.1, 0.15) is 6.42 Å². The second-order valence-corrected chi connectivity index (χ2v) is 6.41. The van der Waals surface area contributed by atoms with Gasteiger partial charge in [0, 0.05) is 50.8 Å². The molecule has 6 heteroatoms. The Bertz CT molecular complexity index is 263. The van der Waals surface area contributed by atoms with Crippen LogP contribution in [0.3, 0.4) is 0 Å². The van der Waals surface area contributed by atoms with Crippen LogP contribution in [0.2, 0.25) is 0 Å². The topological polar surface area (TPSA) is 47.6 Å². The fourth-order valence-electron chi connectivity index (χ4n) is 2.50. The first-order chi connectivity index (χ1) is 9.34. The van der Waals surface area contributed by atoms with E-state index in [0.29, 0.717) is 6.54 Å². The number of hydrogen-bond donors (Lipinski definition) is 2. The van der Waals surface area contributed by atoms with Crippen LogP contribution in [-0.4, -0.2) is 86.1 Å². The molecule has 2 aliphatic heterocycles. The highest BCUT2D eigenvalue weighted by molar-refractivity contribution is 7.99. The zero-order valence-corrected chi connectivity index (χ0v) is 12.5. The maximum Gasteiger partial charge on any atom is 0.234 e. The molecule has 110 valence electrons. The molecule has 0 bridgehead atoms. The van der Waals surface area contributed by atoms with Crippen molar-refractivity contribution in [3.63, 3.8) is 0 Å². The van der Waals surface area contributed by atoms with Gasteiger partial charge in [0.25, 0.3) is 0 Å². The van der Waals surface area contributed by atoms with Gasteiger partial charge in [0.05, 0.1) is 6.54 Å². The van der Waals surface area contributed by atoms with E-state index < -0.39 is 0 Å². The molecule has 5 nitrogen and oxygen atoms in total. The summed E-state index contributed by atoms with van der Waals surface area (Å²) in [6, 6.07) is 0. The molecule has 2 rings (SSSR count). The predicted molar refractivity (Wildman–Crippen MR) is 80.7 cm³/mol. The Morgan fingerprint density at radius 2 is 1.95 bits per heavy atom. The molecular weight excluding hydrogens is 260 g/mol. The van der Waals surface area contributed by atoms with Crippen LogP contribution < -0.4 is 10.6 Å². The van der Waals surface area contributed by atoms with E-state index in [1.165, 1.54) is 24.6 Å². The van der Waals surface area contributed by atoms with Crippen molar-refractivity contribution in [2.24, 2.45) is 0 Å². The molecule has 0 aromatic carbocycles. The van der Waals surface area contributed by atoms with E-state index in [1.54, 1.807) is 0 Å². The highest BCUT2D eigenvalue weighted by Crippen LogP contribution is 2.07. The molecule has 0 spiro atoms. The number of carbonyl (C=O) groups is 1. The molecule has 0 saturated carbocycles. The molecule has 2 heterocycles. The molecule has 0 aromatic rings. The number of hydrogen-bond acceptors (Lipinski definition) is 5. The summed E-state index contributed by atoms with van der Waals surface area (Å²) in [6.07, 6.45) is 1.14. The van der Waals surface area contributed by atoms with Gasteiger partial charge in [0.2, 0.25) is 5.91 Å². The summed E-state index contributed by atoms with van der Waals surface area (Å²) in [5.74, 6) is 2.64. The van der Waals surface area contributed by atoms with Gasteiger partial charge in [-0.2, -0.15) is 11.8 Å². The van der Waals surface area contributed by atoms with E-state index >= 15 is 0 Å². The fraction of sp³-hybridized carbons (Fsp3) is 0.923. The molecule has 0 aromatic heterocycles. The first kappa shape index (κ1) is 15.1. The monoisotopic (exact) mass is 286 g/mol. The molecule has 2 fully saturated rings. The third kappa shape index (κ3) is 6.12. The number of rotatable bonds is 5. The van der Waals surface area contributed by atoms with E-state index in [1.807, 2.05) is 11.8 Å². The first-order valence-corrected chi connectivity index (χ1v) is 8.50. The van der Waals surface area contributed by atoms with E-state index in [-0.39, 0.29) is 5.91 Å². The summed E-state index contributed by atoms with van der Waals surface area (Å²) >= 11 is 2.02. The summed E-state index contributed by atoms with van der Waals surface area (Å²) in [4.78, 5) is 16.5. The number of amides is 1. The van der Waals surface area contributed by atoms with Crippen molar-refractivity contribution in [1.82, 2.24) is 20.4 Å². The van der Waals surface area contributed by atoms with Gasteiger partial charge in [0.15, 0.2) is 0 Å². The largest absolute Gasteiger partial charge is 0.354 e. The van der Waals surface area contributed by atoms with Crippen LogP contribution in [0.15, 0.2) is 0 Å². The van der Waals surface area contributed by atoms with Crippen LogP contribution in [0.4, 0.5) is 0 Å². The van der Waals surface area contributed by atoms with Crippen molar-refractivity contribution in [2.75, 3.05) is 70.4 Å². The number of nitrogens with one attached hydrogen (secondary N) is 2. The quantitative estimate of drug-likeness (QED) is 0.710. The second kappa shape index (κ2) is 8.79. The van der Waals surface area contributed by atoms with Crippen molar-refractivity contribution in [3.05, 3.63) is 0 Å². The Morgan fingerprint density at radius 1 is 1.11 bits per heavy atom. The van der Waals surface area contributed by atoms with Gasteiger partial charge < -0.3 is 10.6 Å². The molecule has 2 saturated heterocycles. The molecule has 0 radical (unpaired) electrons. The van der Waals surface area contributed by atoms with Gasteiger partial charge in [-0.3, -0.25) is 14.6 Å². The Hall–Kier alpha value is -0.300. The van der Waals surface area contributed by atoms with Crippen molar-refractivity contribution in [2.45, 2.75) is 6.42 Å². The lowest BCUT2D eigenvalue weighted by atomic mass is 10.4. The van der Waals surface area contributed by atoms with E-state index in [9.17, 15) is 4.79 Å². The molecule has 0 aliphatic carbocycles. The Balaban J connectivity index is 1.55. The Labute approximate surface area is 120 Å². The minimum absolute atomic E-state index is 0.174. The maximum absolute atomic E-state index is 11.9. The van der Waals surface area contributed by atoms with E-state index in [0.717, 1.165) is 45.7 Å². The molecule has 0 unspecified atom stereocenters. The van der Waals surface area contributed by atoms with Gasteiger partial charge in [0.1, 0.15) is 0 Å². The van der Waals surface area contributed by atoms with Gasteiger partial charge >= 0.3 is 0 Å². The third-order valence-corrected chi connectivity index (χ3v) is 4.60. The predicted octanol–water partition coefficient (Wildman–Crippen LogP) is -0.553. The summed E-state index contributed by atoms with van der Waals surface area (Å²) in [7, 11) is 0. The Morgan fingerprint density at radius 3 is 2.79 bits per heavy atom. The van der Waals surface area contributed by atoms with Gasteiger partial charge in [-0.1, -0.05) is 0 Å². The summed E-state index contributed by atoms with van der Waals surface area (Å²) in [6.45, 7) is 8.75. The minimum atomic E-state index is 0.174. The number of carbonyl (C=O) groups excluding carboxylic acids is 1. The summed E-state index contributed by atoms with van der Waals surface area (Å²) < 4.78 is 0. The van der Waals surface area contributed by atoms with Crippen molar-refractivity contribution >= 4 is 17.7 Å². The van der Waals surface area contributed by atoms with E-state index in [4.69, 9.17) is 0 Å². The maximum atomic E-state index is 11.9. The van der Waals surface area contributed by atoms with Crippen LogP contribution in [0, 0.1) is 0 Å².